The molecule has 0 bridgehead atoms. The van der Waals surface area contributed by atoms with Gasteiger partial charge in [-0.2, -0.15) is 0 Å². The summed E-state index contributed by atoms with van der Waals surface area (Å²) in [4.78, 5) is 0. The highest BCUT2D eigenvalue weighted by molar-refractivity contribution is 9.09. The van der Waals surface area contributed by atoms with Gasteiger partial charge >= 0.3 is 0 Å². The van der Waals surface area contributed by atoms with Gasteiger partial charge in [-0.25, -0.2) is 0 Å². The predicted molar refractivity (Wildman–Crippen MR) is 84.1 cm³/mol. The van der Waals surface area contributed by atoms with Crippen molar-refractivity contribution in [1.29, 1.82) is 0 Å². The third kappa shape index (κ3) is 8.37. The largest absolute Gasteiger partial charge is 0.0979 e. The van der Waals surface area contributed by atoms with Crippen LogP contribution < -0.4 is 0 Å². The maximum atomic E-state index is 3.46. The van der Waals surface area contributed by atoms with Crippen LogP contribution in [-0.2, 0) is 0 Å². The third-order valence-corrected chi connectivity index (χ3v) is 3.50. The van der Waals surface area contributed by atoms with Gasteiger partial charge in [-0.3, -0.25) is 0 Å². The van der Waals surface area contributed by atoms with Crippen LogP contribution in [0.15, 0.2) is 30.3 Å². The van der Waals surface area contributed by atoms with Gasteiger partial charge in [-0.05, 0) is 25.0 Å². The molecule has 0 spiro atoms. The smallest absolute Gasteiger partial charge is 0.0245 e. The van der Waals surface area contributed by atoms with Crippen LogP contribution in [0.1, 0.15) is 56.9 Å². The fraction of sp³-hybridized carbons (Fsp3) is 0.529. The lowest BCUT2D eigenvalue weighted by molar-refractivity contribution is 0.596. The second-order valence-corrected chi connectivity index (χ2v) is 5.37. The fourth-order valence-corrected chi connectivity index (χ4v) is 2.27. The normalized spacial score (nSPS) is 9.83. The second kappa shape index (κ2) is 11.4. The SMILES string of the molecule is BrCCCCCCCCCC#Cc1ccccc1. The van der Waals surface area contributed by atoms with E-state index in [1.165, 1.54) is 44.9 Å². The van der Waals surface area contributed by atoms with Crippen LogP contribution in [0.4, 0.5) is 0 Å². The van der Waals surface area contributed by atoms with E-state index in [9.17, 15) is 0 Å². The van der Waals surface area contributed by atoms with E-state index in [1.807, 2.05) is 18.2 Å². The molecule has 0 aliphatic rings. The summed E-state index contributed by atoms with van der Waals surface area (Å²) in [6, 6.07) is 10.2. The quantitative estimate of drug-likeness (QED) is 0.335. The molecule has 0 aliphatic carbocycles. The molecule has 1 aromatic rings. The minimum absolute atomic E-state index is 1.04. The Morgan fingerprint density at radius 2 is 1.39 bits per heavy atom. The summed E-state index contributed by atoms with van der Waals surface area (Å²) in [6.45, 7) is 0. The second-order valence-electron chi connectivity index (χ2n) is 4.58. The topological polar surface area (TPSA) is 0 Å². The van der Waals surface area contributed by atoms with E-state index in [2.05, 4.69) is 39.9 Å². The monoisotopic (exact) mass is 306 g/mol. The highest BCUT2D eigenvalue weighted by Crippen LogP contribution is 2.09. The first-order valence-electron chi connectivity index (χ1n) is 7.03. The van der Waals surface area contributed by atoms with Gasteiger partial charge < -0.3 is 0 Å². The van der Waals surface area contributed by atoms with Gasteiger partial charge in [0, 0.05) is 17.3 Å². The molecule has 0 nitrogen and oxygen atoms in total. The molecule has 0 saturated heterocycles. The van der Waals surface area contributed by atoms with Crippen LogP contribution in [-0.4, -0.2) is 5.33 Å². The van der Waals surface area contributed by atoms with Gasteiger partial charge in [0.05, 0.1) is 0 Å². The number of rotatable bonds is 8. The van der Waals surface area contributed by atoms with Gasteiger partial charge in [0.2, 0.25) is 0 Å². The molecule has 0 saturated carbocycles. The van der Waals surface area contributed by atoms with Crippen molar-refractivity contribution in [2.75, 3.05) is 5.33 Å². The number of benzene rings is 1. The highest BCUT2D eigenvalue weighted by Gasteiger charge is 1.90. The Labute approximate surface area is 120 Å². The van der Waals surface area contributed by atoms with Crippen LogP contribution in [0, 0.1) is 11.8 Å². The zero-order valence-corrected chi connectivity index (χ0v) is 12.7. The Bertz CT molecular complexity index is 345. The average molecular weight is 307 g/mol. The number of alkyl halides is 1. The maximum absolute atomic E-state index is 3.46. The van der Waals surface area contributed by atoms with Crippen molar-refractivity contribution < 1.29 is 0 Å². The maximum Gasteiger partial charge on any atom is 0.0245 e. The van der Waals surface area contributed by atoms with Crippen molar-refractivity contribution in [3.05, 3.63) is 35.9 Å². The summed E-state index contributed by atoms with van der Waals surface area (Å²) < 4.78 is 0. The Morgan fingerprint density at radius 3 is 2.06 bits per heavy atom. The van der Waals surface area contributed by atoms with Crippen molar-refractivity contribution in [3.8, 4) is 11.8 Å². The van der Waals surface area contributed by atoms with E-state index < -0.39 is 0 Å². The van der Waals surface area contributed by atoms with E-state index in [-0.39, 0.29) is 0 Å². The van der Waals surface area contributed by atoms with Crippen molar-refractivity contribution in [2.24, 2.45) is 0 Å². The van der Waals surface area contributed by atoms with E-state index in [0.29, 0.717) is 0 Å². The van der Waals surface area contributed by atoms with E-state index in [4.69, 9.17) is 0 Å². The predicted octanol–water partition coefficient (Wildman–Crippen LogP) is 5.55. The first-order chi connectivity index (χ1) is 8.93. The van der Waals surface area contributed by atoms with Gasteiger partial charge in [-0.1, -0.05) is 78.1 Å². The Balaban J connectivity index is 1.94. The summed E-state index contributed by atoms with van der Waals surface area (Å²) in [6.07, 6.45) is 10.5. The molecule has 0 fully saturated rings. The molecular weight excluding hydrogens is 284 g/mol. The van der Waals surface area contributed by atoms with Gasteiger partial charge in [0.15, 0.2) is 0 Å². The molecule has 1 aromatic carbocycles. The van der Waals surface area contributed by atoms with Gasteiger partial charge in [-0.15, -0.1) is 0 Å². The van der Waals surface area contributed by atoms with E-state index in [1.54, 1.807) is 0 Å². The molecule has 18 heavy (non-hydrogen) atoms. The van der Waals surface area contributed by atoms with Crippen molar-refractivity contribution in [2.45, 2.75) is 51.4 Å². The van der Waals surface area contributed by atoms with Gasteiger partial charge in [0.1, 0.15) is 0 Å². The summed E-state index contributed by atoms with van der Waals surface area (Å²) in [7, 11) is 0. The number of hydrogen-bond donors (Lipinski definition) is 0. The molecule has 0 aromatic heterocycles. The zero-order chi connectivity index (χ0) is 12.9. The standard InChI is InChI=1S/C17H23Br/c18-16-12-7-5-3-1-2-4-6-9-13-17-14-10-8-11-15-17/h8,10-11,14-15H,1-7,12,16H2. The molecule has 0 unspecified atom stereocenters. The zero-order valence-electron chi connectivity index (χ0n) is 11.1. The van der Waals surface area contributed by atoms with E-state index in [0.717, 1.165) is 17.3 Å². The molecule has 0 amide bonds. The molecule has 0 radical (unpaired) electrons. The van der Waals surface area contributed by atoms with Crippen molar-refractivity contribution >= 4 is 15.9 Å². The lowest BCUT2D eigenvalue weighted by Gasteiger charge is -1.98. The third-order valence-electron chi connectivity index (χ3n) is 2.94. The molecular formula is C17H23Br. The summed E-state index contributed by atoms with van der Waals surface area (Å²) in [5.41, 5.74) is 1.13. The molecule has 0 heterocycles. The fourth-order valence-electron chi connectivity index (χ4n) is 1.88. The Morgan fingerprint density at radius 1 is 0.778 bits per heavy atom. The van der Waals surface area contributed by atoms with Crippen molar-refractivity contribution in [1.82, 2.24) is 0 Å². The molecule has 98 valence electrons. The number of hydrogen-bond acceptors (Lipinski definition) is 0. The first-order valence-corrected chi connectivity index (χ1v) is 8.15. The van der Waals surface area contributed by atoms with E-state index >= 15 is 0 Å². The Kier molecular flexibility index (Phi) is 9.66. The van der Waals surface area contributed by atoms with Gasteiger partial charge in [0.25, 0.3) is 0 Å². The molecule has 1 rings (SSSR count). The van der Waals surface area contributed by atoms with Crippen molar-refractivity contribution in [3.63, 3.8) is 0 Å². The molecule has 0 atom stereocenters. The molecule has 0 aliphatic heterocycles. The summed E-state index contributed by atoms with van der Waals surface area (Å²) >= 11 is 3.46. The minimum atomic E-state index is 1.04. The van der Waals surface area contributed by atoms with Crippen LogP contribution in [0.5, 0.6) is 0 Å². The van der Waals surface area contributed by atoms with Crippen LogP contribution in [0.3, 0.4) is 0 Å². The number of halogens is 1. The summed E-state index contributed by atoms with van der Waals surface area (Å²) in [5.74, 6) is 6.46. The first kappa shape index (κ1) is 15.3. The van der Waals surface area contributed by atoms with Crippen LogP contribution >= 0.6 is 15.9 Å². The van der Waals surface area contributed by atoms with Crippen LogP contribution in [0.2, 0.25) is 0 Å². The number of unbranched alkanes of at least 4 members (excludes halogenated alkanes) is 7. The van der Waals surface area contributed by atoms with Crippen LogP contribution in [0.25, 0.3) is 0 Å². The minimum Gasteiger partial charge on any atom is -0.0979 e. The molecule has 0 N–H and O–H groups in total. The average Bonchev–Trinajstić information content (AvgIpc) is 2.42. The lowest BCUT2D eigenvalue weighted by atomic mass is 10.1. The molecule has 1 heteroatoms. The lowest BCUT2D eigenvalue weighted by Crippen LogP contribution is -1.81. The Hall–Kier alpha value is -0.740. The summed E-state index contributed by atoms with van der Waals surface area (Å²) in [5, 5.41) is 1.15. The highest BCUT2D eigenvalue weighted by atomic mass is 79.9.